The van der Waals surface area contributed by atoms with Crippen LogP contribution in [0, 0.1) is 11.8 Å². The Morgan fingerprint density at radius 3 is 2.62 bits per heavy atom. The lowest BCUT2D eigenvalue weighted by molar-refractivity contribution is 0.0207. The zero-order valence-electron chi connectivity index (χ0n) is 14.3. The monoisotopic (exact) mass is 367 g/mol. The van der Waals surface area contributed by atoms with Gasteiger partial charge in [0.15, 0.2) is 0 Å². The minimum atomic E-state index is -0.475. The molecule has 3 atom stereocenters. The highest BCUT2D eigenvalue weighted by molar-refractivity contribution is 6.42. The maximum Gasteiger partial charge on any atom is 0.410 e. The molecular formula is C19H23Cl2NO2. The number of nitrogens with zero attached hydrogens (tertiary/aromatic N) is 1. The number of carbonyl (C=O) groups excluding carboxylic acids is 1. The molecule has 1 saturated heterocycles. The van der Waals surface area contributed by atoms with Crippen molar-refractivity contribution in [3.8, 4) is 0 Å². The Morgan fingerprint density at radius 2 is 2.04 bits per heavy atom. The molecule has 1 saturated carbocycles. The van der Waals surface area contributed by atoms with Gasteiger partial charge < -0.3 is 9.64 Å². The van der Waals surface area contributed by atoms with E-state index in [0.717, 1.165) is 12.0 Å². The molecule has 1 heterocycles. The van der Waals surface area contributed by atoms with E-state index in [0.29, 0.717) is 35.0 Å². The molecule has 5 heteroatoms. The number of likely N-dealkylation sites (tertiary alicyclic amines) is 1. The van der Waals surface area contributed by atoms with E-state index in [2.05, 4.69) is 6.58 Å². The molecule has 0 spiro atoms. The molecule has 24 heavy (non-hydrogen) atoms. The van der Waals surface area contributed by atoms with Crippen LogP contribution in [-0.2, 0) is 10.2 Å². The minimum absolute atomic E-state index is 0.120. The smallest absolute Gasteiger partial charge is 0.410 e. The van der Waals surface area contributed by atoms with Gasteiger partial charge in [0.1, 0.15) is 5.60 Å². The largest absolute Gasteiger partial charge is 0.444 e. The summed E-state index contributed by atoms with van der Waals surface area (Å²) < 4.78 is 5.51. The van der Waals surface area contributed by atoms with Crippen molar-refractivity contribution in [1.82, 2.24) is 4.90 Å². The summed E-state index contributed by atoms with van der Waals surface area (Å²) in [5.41, 5.74) is 0.537. The Balaban J connectivity index is 1.79. The molecule has 0 radical (unpaired) electrons. The number of hydrogen-bond donors (Lipinski definition) is 0. The second-order valence-corrected chi connectivity index (χ2v) is 8.51. The Bertz CT molecular complexity index is 682. The zero-order valence-corrected chi connectivity index (χ0v) is 15.8. The average Bonchev–Trinajstić information content (AvgIpc) is 3.16. The van der Waals surface area contributed by atoms with E-state index in [4.69, 9.17) is 27.9 Å². The molecular weight excluding hydrogens is 345 g/mol. The Labute approximate surface area is 153 Å². The van der Waals surface area contributed by atoms with Gasteiger partial charge in [-0.15, -0.1) is 6.58 Å². The number of allylic oxidation sites excluding steroid dienone is 1. The lowest BCUT2D eigenvalue weighted by Gasteiger charge is -2.29. The third-order valence-corrected chi connectivity index (χ3v) is 5.88. The van der Waals surface area contributed by atoms with Crippen molar-refractivity contribution in [2.45, 2.75) is 38.2 Å². The van der Waals surface area contributed by atoms with Crippen molar-refractivity contribution in [2.24, 2.45) is 11.8 Å². The van der Waals surface area contributed by atoms with Crippen molar-refractivity contribution in [2.75, 3.05) is 13.1 Å². The van der Waals surface area contributed by atoms with E-state index < -0.39 is 5.60 Å². The van der Waals surface area contributed by atoms with E-state index in [1.807, 2.05) is 49.9 Å². The summed E-state index contributed by atoms with van der Waals surface area (Å²) in [5, 5.41) is 1.11. The molecule has 1 aliphatic heterocycles. The van der Waals surface area contributed by atoms with Crippen molar-refractivity contribution in [1.29, 1.82) is 0 Å². The van der Waals surface area contributed by atoms with Crippen LogP contribution in [0.3, 0.4) is 0 Å². The van der Waals surface area contributed by atoms with Crippen LogP contribution < -0.4 is 0 Å². The van der Waals surface area contributed by atoms with Gasteiger partial charge in [-0.2, -0.15) is 0 Å². The van der Waals surface area contributed by atoms with Crippen LogP contribution in [0.2, 0.25) is 10.0 Å². The topological polar surface area (TPSA) is 29.5 Å². The number of carbonyl (C=O) groups is 1. The summed E-state index contributed by atoms with van der Waals surface area (Å²) in [6, 6.07) is 5.79. The van der Waals surface area contributed by atoms with Crippen LogP contribution >= 0.6 is 23.2 Å². The van der Waals surface area contributed by atoms with Crippen LogP contribution in [0.5, 0.6) is 0 Å². The van der Waals surface area contributed by atoms with Crippen molar-refractivity contribution < 1.29 is 9.53 Å². The number of amides is 1. The number of fused-ring (bicyclic) bond motifs is 1. The SMILES string of the molecule is C=C[C@]1(c2ccc(Cl)c(Cl)c2)[C@@H]2CN(C(=O)OC(C)(C)C)CC[C@@H]21. The third-order valence-electron chi connectivity index (χ3n) is 5.14. The second kappa shape index (κ2) is 5.96. The molecule has 0 aromatic heterocycles. The molecule has 2 aliphatic rings. The minimum Gasteiger partial charge on any atom is -0.444 e. The molecule has 3 rings (SSSR count). The van der Waals surface area contributed by atoms with Gasteiger partial charge in [-0.25, -0.2) is 4.79 Å². The molecule has 130 valence electrons. The maximum atomic E-state index is 12.4. The third kappa shape index (κ3) is 2.93. The van der Waals surface area contributed by atoms with E-state index in [1.54, 1.807) is 0 Å². The molecule has 1 amide bonds. The van der Waals surface area contributed by atoms with Gasteiger partial charge in [0.2, 0.25) is 0 Å². The number of ether oxygens (including phenoxy) is 1. The van der Waals surface area contributed by atoms with Crippen molar-refractivity contribution in [3.63, 3.8) is 0 Å². The molecule has 1 aliphatic carbocycles. The van der Waals surface area contributed by atoms with Crippen LogP contribution in [0.4, 0.5) is 4.79 Å². The summed E-state index contributed by atoms with van der Waals surface area (Å²) in [4.78, 5) is 14.2. The summed E-state index contributed by atoms with van der Waals surface area (Å²) in [6.07, 6.45) is 2.72. The number of benzene rings is 1. The highest BCUT2D eigenvalue weighted by atomic mass is 35.5. The standard InChI is InChI=1S/C19H23Cl2NO2/c1-5-19(12-6-7-15(20)16(21)10-12)13-8-9-22(11-14(13)19)17(23)24-18(2,3)4/h5-7,10,13-14H,1,8-9,11H2,2-4H3/t13-,14+,19+/m0/s1. The highest BCUT2D eigenvalue weighted by Crippen LogP contribution is 2.64. The number of piperidine rings is 1. The van der Waals surface area contributed by atoms with Crippen LogP contribution in [0.25, 0.3) is 0 Å². The van der Waals surface area contributed by atoms with Crippen molar-refractivity contribution >= 4 is 29.3 Å². The van der Waals surface area contributed by atoms with E-state index >= 15 is 0 Å². The van der Waals surface area contributed by atoms with E-state index in [1.165, 1.54) is 0 Å². The summed E-state index contributed by atoms with van der Waals surface area (Å²) in [7, 11) is 0. The second-order valence-electron chi connectivity index (χ2n) is 7.69. The molecule has 2 fully saturated rings. The summed E-state index contributed by atoms with van der Waals surface area (Å²) in [6.45, 7) is 11.1. The van der Waals surface area contributed by atoms with Crippen LogP contribution in [0.15, 0.2) is 30.9 Å². The van der Waals surface area contributed by atoms with Crippen LogP contribution in [0.1, 0.15) is 32.8 Å². The van der Waals surface area contributed by atoms with Crippen molar-refractivity contribution in [3.05, 3.63) is 46.5 Å². The first kappa shape index (κ1) is 17.6. The van der Waals surface area contributed by atoms with Gasteiger partial charge in [0, 0.05) is 18.5 Å². The molecule has 3 nitrogen and oxygen atoms in total. The first-order valence-corrected chi connectivity index (χ1v) is 9.01. The van der Waals surface area contributed by atoms with Gasteiger partial charge in [-0.3, -0.25) is 0 Å². The Hall–Kier alpha value is -1.19. The number of hydrogen-bond acceptors (Lipinski definition) is 2. The molecule has 0 bridgehead atoms. The van der Waals surface area contributed by atoms with Gasteiger partial charge >= 0.3 is 6.09 Å². The zero-order chi connectivity index (χ0) is 17.7. The Morgan fingerprint density at radius 1 is 1.33 bits per heavy atom. The normalized spacial score (nSPS) is 29.0. The predicted octanol–water partition coefficient (Wildman–Crippen LogP) is 5.30. The first-order valence-electron chi connectivity index (χ1n) is 8.26. The van der Waals surface area contributed by atoms with E-state index in [-0.39, 0.29) is 11.5 Å². The van der Waals surface area contributed by atoms with Gasteiger partial charge in [-0.1, -0.05) is 35.3 Å². The first-order chi connectivity index (χ1) is 11.2. The van der Waals surface area contributed by atoms with Gasteiger partial charge in [0.05, 0.1) is 10.0 Å². The fourth-order valence-electron chi connectivity index (χ4n) is 4.01. The van der Waals surface area contributed by atoms with Gasteiger partial charge in [0.25, 0.3) is 0 Å². The highest BCUT2D eigenvalue weighted by Gasteiger charge is 2.65. The molecule has 1 aromatic rings. The molecule has 1 aromatic carbocycles. The van der Waals surface area contributed by atoms with Gasteiger partial charge in [-0.05, 0) is 56.7 Å². The number of halogens is 2. The molecule has 0 N–H and O–H groups in total. The fraction of sp³-hybridized carbons (Fsp3) is 0.526. The van der Waals surface area contributed by atoms with E-state index in [9.17, 15) is 4.79 Å². The molecule has 0 unspecified atom stereocenters. The lowest BCUT2D eigenvalue weighted by Crippen LogP contribution is -2.40. The quantitative estimate of drug-likeness (QED) is 0.663. The lowest BCUT2D eigenvalue weighted by atomic mass is 9.91. The average molecular weight is 368 g/mol. The number of rotatable bonds is 2. The summed E-state index contributed by atoms with van der Waals surface area (Å²) >= 11 is 12.2. The predicted molar refractivity (Wildman–Crippen MR) is 97.7 cm³/mol. The van der Waals surface area contributed by atoms with Crippen LogP contribution in [-0.4, -0.2) is 29.7 Å². The fourth-order valence-corrected chi connectivity index (χ4v) is 4.31. The maximum absolute atomic E-state index is 12.4. The Kier molecular flexibility index (Phi) is 4.38. The summed E-state index contributed by atoms with van der Waals surface area (Å²) in [5.74, 6) is 0.847.